The van der Waals surface area contributed by atoms with Gasteiger partial charge in [-0.15, -0.1) is 0 Å². The smallest absolute Gasteiger partial charge is 0.227 e. The second-order valence-corrected chi connectivity index (χ2v) is 8.57. The van der Waals surface area contributed by atoms with Gasteiger partial charge in [-0.25, -0.2) is 0 Å². The Morgan fingerprint density at radius 1 is 1.00 bits per heavy atom. The van der Waals surface area contributed by atoms with Crippen LogP contribution in [0.25, 0.3) is 10.9 Å². The van der Waals surface area contributed by atoms with E-state index in [-0.39, 0.29) is 17.7 Å². The lowest BCUT2D eigenvalue weighted by Gasteiger charge is -2.33. The Kier molecular flexibility index (Phi) is 5.03. The van der Waals surface area contributed by atoms with Crippen molar-refractivity contribution < 1.29 is 9.59 Å². The molecule has 3 aromatic rings. The minimum Gasteiger partial charge on any atom is -0.358 e. The second-order valence-electron chi connectivity index (χ2n) is 8.57. The summed E-state index contributed by atoms with van der Waals surface area (Å²) < 4.78 is 0. The first kappa shape index (κ1) is 18.9. The molecular weight excluding hydrogens is 374 g/mol. The van der Waals surface area contributed by atoms with E-state index in [9.17, 15) is 9.59 Å². The molecule has 2 saturated heterocycles. The number of carbonyl (C=O) groups is 2. The predicted octanol–water partition coefficient (Wildman–Crippen LogP) is 3.92. The van der Waals surface area contributed by atoms with Crippen molar-refractivity contribution in [1.82, 2.24) is 14.8 Å². The molecule has 1 unspecified atom stereocenters. The Labute approximate surface area is 176 Å². The molecule has 2 aliphatic rings. The van der Waals surface area contributed by atoms with Crippen LogP contribution in [0.2, 0.25) is 0 Å². The van der Waals surface area contributed by atoms with Crippen molar-refractivity contribution in [3.63, 3.8) is 0 Å². The minimum atomic E-state index is -0.203. The van der Waals surface area contributed by atoms with Crippen molar-refractivity contribution in [3.05, 3.63) is 71.9 Å². The summed E-state index contributed by atoms with van der Waals surface area (Å²) in [6, 6.07) is 20.6. The van der Waals surface area contributed by atoms with Crippen LogP contribution in [0.15, 0.2) is 60.7 Å². The normalized spacial score (nSPS) is 20.3. The van der Waals surface area contributed by atoms with Gasteiger partial charge in [-0.2, -0.15) is 0 Å². The number of aromatic amines is 1. The minimum absolute atomic E-state index is 0.0881. The maximum Gasteiger partial charge on any atom is 0.227 e. The van der Waals surface area contributed by atoms with Crippen molar-refractivity contribution in [2.75, 3.05) is 19.6 Å². The number of H-pyrrole nitrogens is 1. The van der Waals surface area contributed by atoms with Crippen LogP contribution in [0.3, 0.4) is 0 Å². The summed E-state index contributed by atoms with van der Waals surface area (Å²) in [4.78, 5) is 32.9. The molecule has 3 heterocycles. The molecule has 2 fully saturated rings. The molecule has 5 heteroatoms. The first-order valence-electron chi connectivity index (χ1n) is 10.9. The zero-order valence-corrected chi connectivity index (χ0v) is 17.1. The standard InChI is InChI=1S/C25H27N3O2/c29-24-15-21(17-28(24)16-18-6-2-1-3-7-18)25(30)27-12-10-19(11-13-27)23-14-20-8-4-5-9-22(20)26-23/h1-9,14,19,21,26H,10-13,15-17H2. The maximum absolute atomic E-state index is 13.1. The quantitative estimate of drug-likeness (QED) is 0.720. The summed E-state index contributed by atoms with van der Waals surface area (Å²) in [7, 11) is 0. The number of benzene rings is 2. The highest BCUT2D eigenvalue weighted by Crippen LogP contribution is 2.31. The van der Waals surface area contributed by atoms with Crippen molar-refractivity contribution in [3.8, 4) is 0 Å². The Morgan fingerprint density at radius 3 is 2.50 bits per heavy atom. The zero-order valence-electron chi connectivity index (χ0n) is 17.1. The van der Waals surface area contributed by atoms with Crippen LogP contribution in [-0.2, 0) is 16.1 Å². The monoisotopic (exact) mass is 401 g/mol. The Bertz CT molecular complexity index is 1020. The van der Waals surface area contributed by atoms with Crippen LogP contribution in [0, 0.1) is 5.92 Å². The number of nitrogens with zero attached hydrogens (tertiary/aromatic N) is 2. The molecule has 2 aromatic carbocycles. The highest BCUT2D eigenvalue weighted by molar-refractivity contribution is 5.89. The molecule has 0 radical (unpaired) electrons. The SMILES string of the molecule is O=C1CC(C(=O)N2CCC(c3cc4ccccc4[nH]3)CC2)CN1Cc1ccccc1. The highest BCUT2D eigenvalue weighted by atomic mass is 16.2. The number of carbonyl (C=O) groups excluding carboxylic acids is 2. The molecule has 30 heavy (non-hydrogen) atoms. The summed E-state index contributed by atoms with van der Waals surface area (Å²) in [6.07, 6.45) is 2.27. The summed E-state index contributed by atoms with van der Waals surface area (Å²) in [5.74, 6) is 0.492. The van der Waals surface area contributed by atoms with Crippen molar-refractivity contribution in [2.45, 2.75) is 31.7 Å². The number of rotatable bonds is 4. The Morgan fingerprint density at radius 2 is 1.73 bits per heavy atom. The number of fused-ring (bicyclic) bond motifs is 1. The molecular formula is C25H27N3O2. The molecule has 1 aromatic heterocycles. The lowest BCUT2D eigenvalue weighted by Crippen LogP contribution is -2.42. The molecule has 0 spiro atoms. The summed E-state index contributed by atoms with van der Waals surface area (Å²) in [6.45, 7) is 2.66. The number of piperidine rings is 1. The van der Waals surface area contributed by atoms with Gasteiger partial charge in [-0.05, 0) is 35.9 Å². The summed E-state index contributed by atoms with van der Waals surface area (Å²) >= 11 is 0. The number of hydrogen-bond acceptors (Lipinski definition) is 2. The van der Waals surface area contributed by atoms with Crippen LogP contribution < -0.4 is 0 Å². The third kappa shape index (κ3) is 3.72. The van der Waals surface area contributed by atoms with Gasteiger partial charge in [0.25, 0.3) is 0 Å². The lowest BCUT2D eigenvalue weighted by atomic mass is 9.92. The molecule has 0 saturated carbocycles. The molecule has 1 N–H and O–H groups in total. The molecule has 5 rings (SSSR count). The number of amides is 2. The Balaban J connectivity index is 1.18. The fourth-order valence-electron chi connectivity index (χ4n) is 4.88. The Hall–Kier alpha value is -3.08. The molecule has 5 nitrogen and oxygen atoms in total. The van der Waals surface area contributed by atoms with E-state index < -0.39 is 0 Å². The van der Waals surface area contributed by atoms with Crippen LogP contribution in [0.4, 0.5) is 0 Å². The van der Waals surface area contributed by atoms with E-state index >= 15 is 0 Å². The van der Waals surface area contributed by atoms with Crippen molar-refractivity contribution in [1.29, 1.82) is 0 Å². The van der Waals surface area contributed by atoms with Gasteiger partial charge in [-0.1, -0.05) is 48.5 Å². The van der Waals surface area contributed by atoms with E-state index in [2.05, 4.69) is 29.2 Å². The summed E-state index contributed by atoms with van der Waals surface area (Å²) in [5, 5.41) is 1.24. The highest BCUT2D eigenvalue weighted by Gasteiger charge is 2.37. The van der Waals surface area contributed by atoms with Gasteiger partial charge < -0.3 is 14.8 Å². The molecule has 0 bridgehead atoms. The van der Waals surface area contributed by atoms with E-state index in [4.69, 9.17) is 0 Å². The number of para-hydroxylation sites is 1. The van der Waals surface area contributed by atoms with Gasteiger partial charge in [0.05, 0.1) is 5.92 Å². The van der Waals surface area contributed by atoms with Crippen LogP contribution in [-0.4, -0.2) is 46.2 Å². The van der Waals surface area contributed by atoms with Crippen molar-refractivity contribution in [2.24, 2.45) is 5.92 Å². The first-order valence-corrected chi connectivity index (χ1v) is 10.9. The van der Waals surface area contributed by atoms with E-state index in [1.807, 2.05) is 46.2 Å². The first-order chi connectivity index (χ1) is 14.7. The third-order valence-electron chi connectivity index (χ3n) is 6.58. The number of aromatic nitrogens is 1. The summed E-state index contributed by atoms with van der Waals surface area (Å²) in [5.41, 5.74) is 3.56. The third-order valence-corrected chi connectivity index (χ3v) is 6.58. The van der Waals surface area contributed by atoms with Gasteiger partial charge in [-0.3, -0.25) is 9.59 Å². The molecule has 154 valence electrons. The molecule has 2 aliphatic heterocycles. The second kappa shape index (κ2) is 7.98. The van der Waals surface area contributed by atoms with Crippen LogP contribution in [0.5, 0.6) is 0 Å². The fourth-order valence-corrected chi connectivity index (χ4v) is 4.88. The van der Waals surface area contributed by atoms with Gasteiger partial charge in [0.1, 0.15) is 0 Å². The average molecular weight is 402 g/mol. The van der Waals surface area contributed by atoms with Gasteiger partial charge in [0.15, 0.2) is 0 Å². The van der Waals surface area contributed by atoms with E-state index in [0.29, 0.717) is 25.4 Å². The fraction of sp³-hybridized carbons (Fsp3) is 0.360. The average Bonchev–Trinajstić information content (AvgIpc) is 3.38. The van der Waals surface area contributed by atoms with E-state index in [0.717, 1.165) is 31.5 Å². The molecule has 0 aliphatic carbocycles. The zero-order chi connectivity index (χ0) is 20.5. The largest absolute Gasteiger partial charge is 0.358 e. The number of nitrogens with one attached hydrogen (secondary N) is 1. The van der Waals surface area contributed by atoms with Gasteiger partial charge >= 0.3 is 0 Å². The topological polar surface area (TPSA) is 56.4 Å². The van der Waals surface area contributed by atoms with Gasteiger partial charge in [0.2, 0.25) is 11.8 Å². The number of likely N-dealkylation sites (tertiary alicyclic amines) is 2. The van der Waals surface area contributed by atoms with E-state index in [1.54, 1.807) is 0 Å². The maximum atomic E-state index is 13.1. The molecule has 2 amide bonds. The van der Waals surface area contributed by atoms with Crippen molar-refractivity contribution >= 4 is 22.7 Å². The lowest BCUT2D eigenvalue weighted by molar-refractivity contribution is -0.136. The van der Waals surface area contributed by atoms with E-state index in [1.165, 1.54) is 16.6 Å². The van der Waals surface area contributed by atoms with Crippen LogP contribution in [0.1, 0.15) is 36.4 Å². The predicted molar refractivity (Wildman–Crippen MR) is 117 cm³/mol. The molecule has 1 atom stereocenters. The number of hydrogen-bond donors (Lipinski definition) is 1. The van der Waals surface area contributed by atoms with Gasteiger partial charge in [0, 0.05) is 49.7 Å². The van der Waals surface area contributed by atoms with Crippen LogP contribution >= 0.6 is 0 Å².